The third-order valence-corrected chi connectivity index (χ3v) is 6.83. The minimum Gasteiger partial charge on any atom is -0.465 e. The third kappa shape index (κ3) is 4.30. The van der Waals surface area contributed by atoms with Crippen LogP contribution in [0.2, 0.25) is 0 Å². The van der Waals surface area contributed by atoms with Crippen LogP contribution in [0.4, 0.5) is 11.4 Å². The summed E-state index contributed by atoms with van der Waals surface area (Å²) in [7, 11) is -1.15. The first-order valence-electron chi connectivity index (χ1n) is 8.46. The molecular weight excluding hydrogens is 412 g/mol. The molecule has 3 aromatic rings. The normalized spacial score (nSPS) is 11.0. The molecule has 0 fully saturated rings. The van der Waals surface area contributed by atoms with Crippen LogP contribution in [0.3, 0.4) is 0 Å². The number of hydrogen-bond acceptors (Lipinski definition) is 6. The van der Waals surface area contributed by atoms with Gasteiger partial charge >= 0.3 is 5.97 Å². The minimum absolute atomic E-state index is 0.0185. The third-order valence-electron chi connectivity index (χ3n) is 4.16. The number of para-hydroxylation sites is 1. The molecule has 0 spiro atoms. The molecule has 0 unspecified atom stereocenters. The maximum absolute atomic E-state index is 12.9. The molecule has 2 aromatic carbocycles. The van der Waals surface area contributed by atoms with Crippen LogP contribution in [-0.2, 0) is 14.8 Å². The standard InChI is InChI=1S/C20H18N2O5S2/c1-22(15-8-4-3-5-9-15)29(25,26)16-10-6-7-14(13-16)19(23)21-17-11-12-28-18(17)20(24)27-2/h3-13H,1-2H3,(H,21,23). The van der Waals surface area contributed by atoms with Gasteiger partial charge < -0.3 is 10.1 Å². The highest BCUT2D eigenvalue weighted by molar-refractivity contribution is 7.92. The molecule has 0 aliphatic rings. The van der Waals surface area contributed by atoms with E-state index in [0.29, 0.717) is 11.4 Å². The van der Waals surface area contributed by atoms with Gasteiger partial charge in [-0.15, -0.1) is 11.3 Å². The maximum atomic E-state index is 12.9. The Kier molecular flexibility index (Phi) is 6.00. The Balaban J connectivity index is 1.87. The van der Waals surface area contributed by atoms with Gasteiger partial charge in [0.15, 0.2) is 0 Å². The number of methoxy groups -OCH3 is 1. The fourth-order valence-corrected chi connectivity index (χ4v) is 4.59. The van der Waals surface area contributed by atoms with Crippen LogP contribution in [0.15, 0.2) is 70.9 Å². The minimum atomic E-state index is -3.85. The van der Waals surface area contributed by atoms with Crippen molar-refractivity contribution in [2.45, 2.75) is 4.90 Å². The molecule has 1 aromatic heterocycles. The lowest BCUT2D eigenvalue weighted by molar-refractivity contribution is 0.0607. The Morgan fingerprint density at radius 1 is 1.03 bits per heavy atom. The van der Waals surface area contributed by atoms with Gasteiger partial charge in [0.2, 0.25) is 0 Å². The Labute approximate surface area is 172 Å². The molecule has 0 saturated heterocycles. The quantitative estimate of drug-likeness (QED) is 0.603. The fourth-order valence-electron chi connectivity index (χ4n) is 2.59. The molecule has 150 valence electrons. The molecule has 0 atom stereocenters. The molecule has 29 heavy (non-hydrogen) atoms. The molecule has 3 rings (SSSR count). The smallest absolute Gasteiger partial charge is 0.350 e. The number of carbonyl (C=O) groups is 2. The van der Waals surface area contributed by atoms with Gasteiger partial charge in [-0.05, 0) is 41.8 Å². The number of rotatable bonds is 6. The summed E-state index contributed by atoms with van der Waals surface area (Å²) in [6.45, 7) is 0. The first-order chi connectivity index (χ1) is 13.8. The molecule has 1 N–H and O–H groups in total. The van der Waals surface area contributed by atoms with E-state index < -0.39 is 21.9 Å². The van der Waals surface area contributed by atoms with E-state index in [1.807, 2.05) is 0 Å². The predicted octanol–water partition coefficient (Wildman–Crippen LogP) is 3.61. The van der Waals surface area contributed by atoms with Crippen LogP contribution in [-0.4, -0.2) is 34.5 Å². The largest absolute Gasteiger partial charge is 0.465 e. The lowest BCUT2D eigenvalue weighted by Gasteiger charge is -2.19. The van der Waals surface area contributed by atoms with Crippen LogP contribution >= 0.6 is 11.3 Å². The molecule has 9 heteroatoms. The second kappa shape index (κ2) is 8.46. The van der Waals surface area contributed by atoms with Gasteiger partial charge in [-0.2, -0.15) is 0 Å². The summed E-state index contributed by atoms with van der Waals surface area (Å²) in [6.07, 6.45) is 0. The number of carbonyl (C=O) groups excluding carboxylic acids is 2. The van der Waals surface area contributed by atoms with Gasteiger partial charge in [-0.1, -0.05) is 24.3 Å². The van der Waals surface area contributed by atoms with Gasteiger partial charge in [0, 0.05) is 12.6 Å². The molecule has 0 aliphatic carbocycles. The molecule has 1 heterocycles. The topological polar surface area (TPSA) is 92.8 Å². The number of esters is 1. The molecule has 0 radical (unpaired) electrons. The van der Waals surface area contributed by atoms with E-state index in [4.69, 9.17) is 4.74 Å². The molecule has 0 saturated carbocycles. The molecule has 0 bridgehead atoms. The highest BCUT2D eigenvalue weighted by Crippen LogP contribution is 2.25. The summed E-state index contributed by atoms with van der Waals surface area (Å²) in [5.41, 5.74) is 0.958. The number of sulfonamides is 1. The summed E-state index contributed by atoms with van der Waals surface area (Å²) < 4.78 is 31.7. The number of nitrogens with zero attached hydrogens (tertiary/aromatic N) is 1. The zero-order valence-corrected chi connectivity index (χ0v) is 17.3. The maximum Gasteiger partial charge on any atom is 0.350 e. The van der Waals surface area contributed by atoms with Crippen molar-refractivity contribution in [3.63, 3.8) is 0 Å². The van der Waals surface area contributed by atoms with E-state index in [9.17, 15) is 18.0 Å². The van der Waals surface area contributed by atoms with Gasteiger partial charge in [0.05, 0.1) is 23.4 Å². The van der Waals surface area contributed by atoms with Crippen LogP contribution in [0.5, 0.6) is 0 Å². The van der Waals surface area contributed by atoms with Gasteiger partial charge in [0.1, 0.15) is 4.88 Å². The zero-order valence-electron chi connectivity index (χ0n) is 15.7. The van der Waals surface area contributed by atoms with E-state index in [0.717, 1.165) is 15.6 Å². The van der Waals surface area contributed by atoms with Gasteiger partial charge in [-0.3, -0.25) is 9.10 Å². The monoisotopic (exact) mass is 430 g/mol. The first kappa shape index (κ1) is 20.6. The van der Waals surface area contributed by atoms with Gasteiger partial charge in [-0.25, -0.2) is 13.2 Å². The zero-order chi connectivity index (χ0) is 21.0. The molecule has 1 amide bonds. The average molecular weight is 431 g/mol. The van der Waals surface area contributed by atoms with Crippen molar-refractivity contribution in [1.29, 1.82) is 0 Å². The van der Waals surface area contributed by atoms with Crippen LogP contribution in [0.25, 0.3) is 0 Å². The summed E-state index contributed by atoms with van der Waals surface area (Å²) in [5.74, 6) is -1.09. The van der Waals surface area contributed by atoms with Crippen molar-refractivity contribution in [2.24, 2.45) is 0 Å². The molecule has 0 aliphatic heterocycles. The van der Waals surface area contributed by atoms with Crippen molar-refractivity contribution in [3.05, 3.63) is 76.5 Å². The van der Waals surface area contributed by atoms with Crippen molar-refractivity contribution in [2.75, 3.05) is 23.8 Å². The summed E-state index contributed by atoms with van der Waals surface area (Å²) in [6, 6.07) is 15.9. The lowest BCUT2D eigenvalue weighted by Crippen LogP contribution is -2.26. The number of amides is 1. The van der Waals surface area contributed by atoms with Crippen molar-refractivity contribution >= 4 is 44.6 Å². The van der Waals surface area contributed by atoms with Crippen LogP contribution in [0.1, 0.15) is 20.0 Å². The molecule has 7 nitrogen and oxygen atoms in total. The van der Waals surface area contributed by atoms with Gasteiger partial charge in [0.25, 0.3) is 15.9 Å². The van der Waals surface area contributed by atoms with E-state index >= 15 is 0 Å². The fraction of sp³-hybridized carbons (Fsp3) is 0.100. The second-order valence-corrected chi connectivity index (χ2v) is 8.83. The Morgan fingerprint density at radius 3 is 2.45 bits per heavy atom. The first-order valence-corrected chi connectivity index (χ1v) is 10.8. The number of ether oxygens (including phenoxy) is 1. The Bertz CT molecular complexity index is 1140. The number of hydrogen-bond donors (Lipinski definition) is 1. The summed E-state index contributed by atoms with van der Waals surface area (Å²) in [5, 5.41) is 4.27. The SMILES string of the molecule is COC(=O)c1sccc1NC(=O)c1cccc(S(=O)(=O)N(C)c2ccccc2)c1. The van der Waals surface area contributed by atoms with Crippen LogP contribution < -0.4 is 9.62 Å². The Morgan fingerprint density at radius 2 is 1.76 bits per heavy atom. The number of thiophene rings is 1. The number of anilines is 2. The van der Waals surface area contributed by atoms with Crippen molar-refractivity contribution in [3.8, 4) is 0 Å². The molecular formula is C20H18N2O5S2. The van der Waals surface area contributed by atoms with Crippen LogP contribution in [0, 0.1) is 0 Å². The van der Waals surface area contributed by atoms with Crippen molar-refractivity contribution in [1.82, 2.24) is 0 Å². The highest BCUT2D eigenvalue weighted by Gasteiger charge is 2.23. The lowest BCUT2D eigenvalue weighted by atomic mass is 10.2. The average Bonchev–Trinajstić information content (AvgIpc) is 3.21. The summed E-state index contributed by atoms with van der Waals surface area (Å²) >= 11 is 1.14. The van der Waals surface area contributed by atoms with E-state index in [-0.39, 0.29) is 15.3 Å². The summed E-state index contributed by atoms with van der Waals surface area (Å²) in [4.78, 5) is 24.6. The number of nitrogens with one attached hydrogen (secondary N) is 1. The Hall–Kier alpha value is -3.17. The predicted molar refractivity (Wildman–Crippen MR) is 112 cm³/mol. The van der Waals surface area contributed by atoms with E-state index in [1.54, 1.807) is 41.8 Å². The van der Waals surface area contributed by atoms with E-state index in [2.05, 4.69) is 5.32 Å². The van der Waals surface area contributed by atoms with E-state index in [1.165, 1.54) is 38.4 Å². The highest BCUT2D eigenvalue weighted by atomic mass is 32.2. The number of benzene rings is 2. The van der Waals surface area contributed by atoms with Crippen molar-refractivity contribution < 1.29 is 22.7 Å². The second-order valence-electron chi connectivity index (χ2n) is 5.95.